The van der Waals surface area contributed by atoms with Crippen LogP contribution in [0.15, 0.2) is 30.3 Å². The van der Waals surface area contributed by atoms with Gasteiger partial charge in [0.15, 0.2) is 5.54 Å². The summed E-state index contributed by atoms with van der Waals surface area (Å²) < 4.78 is 10.6. The molecule has 1 aromatic rings. The normalized spacial score (nSPS) is 17.9. The van der Waals surface area contributed by atoms with Crippen LogP contribution in [0.4, 0.5) is 0 Å². The average molecular weight is 249 g/mol. The number of likely N-dealkylation sites (N-methyl/N-ethyl adjacent to an activating group) is 1. The maximum atomic E-state index is 12.0. The van der Waals surface area contributed by atoms with E-state index in [1.165, 1.54) is 7.11 Å². The van der Waals surface area contributed by atoms with Crippen LogP contribution in [0.5, 0.6) is 5.75 Å². The van der Waals surface area contributed by atoms with Crippen LogP contribution in [0.3, 0.4) is 0 Å². The Balaban J connectivity index is 2.08. The molecule has 0 radical (unpaired) electrons. The van der Waals surface area contributed by atoms with Crippen LogP contribution in [0.1, 0.15) is 12.8 Å². The Hall–Kier alpha value is -1.55. The van der Waals surface area contributed by atoms with Gasteiger partial charge in [-0.1, -0.05) is 18.2 Å². The minimum Gasteiger partial charge on any atom is -0.491 e. The van der Waals surface area contributed by atoms with Crippen LogP contribution >= 0.6 is 0 Å². The van der Waals surface area contributed by atoms with Gasteiger partial charge in [-0.25, -0.2) is 4.79 Å². The van der Waals surface area contributed by atoms with Crippen molar-refractivity contribution in [3.63, 3.8) is 0 Å². The van der Waals surface area contributed by atoms with Gasteiger partial charge in [0.05, 0.1) is 7.11 Å². The van der Waals surface area contributed by atoms with E-state index in [2.05, 4.69) is 5.32 Å². The summed E-state index contributed by atoms with van der Waals surface area (Å²) in [5, 5.41) is 3.10. The van der Waals surface area contributed by atoms with Gasteiger partial charge < -0.3 is 14.8 Å². The lowest BCUT2D eigenvalue weighted by molar-refractivity contribution is -0.151. The van der Waals surface area contributed by atoms with Crippen molar-refractivity contribution in [2.75, 3.05) is 20.8 Å². The summed E-state index contributed by atoms with van der Waals surface area (Å²) in [6, 6.07) is 9.51. The van der Waals surface area contributed by atoms with Crippen molar-refractivity contribution in [3.8, 4) is 5.75 Å². The molecule has 1 aliphatic carbocycles. The maximum Gasteiger partial charge on any atom is 0.329 e. The first-order valence-corrected chi connectivity index (χ1v) is 6.18. The van der Waals surface area contributed by atoms with Crippen LogP contribution in [-0.4, -0.2) is 32.3 Å². The molecule has 4 nitrogen and oxygen atoms in total. The molecule has 4 heteroatoms. The number of hydrogen-bond donors (Lipinski definition) is 1. The Bertz CT molecular complexity index is 403. The lowest BCUT2D eigenvalue weighted by Gasteiger charge is -2.30. The molecule has 1 atom stereocenters. The number of hydrogen-bond acceptors (Lipinski definition) is 4. The van der Waals surface area contributed by atoms with Crippen LogP contribution in [0.25, 0.3) is 0 Å². The fraction of sp³-hybridized carbons (Fsp3) is 0.500. The predicted molar refractivity (Wildman–Crippen MR) is 68.5 cm³/mol. The zero-order valence-corrected chi connectivity index (χ0v) is 10.8. The summed E-state index contributed by atoms with van der Waals surface area (Å²) in [4.78, 5) is 12.0. The highest BCUT2D eigenvalue weighted by Crippen LogP contribution is 2.40. The zero-order valence-electron chi connectivity index (χ0n) is 10.8. The minimum absolute atomic E-state index is 0.247. The largest absolute Gasteiger partial charge is 0.491 e. The zero-order chi connectivity index (χ0) is 13.0. The Kier molecular flexibility index (Phi) is 3.87. The summed E-state index contributed by atoms with van der Waals surface area (Å²) in [5.74, 6) is 0.823. The van der Waals surface area contributed by atoms with E-state index < -0.39 is 5.54 Å². The van der Waals surface area contributed by atoms with E-state index in [-0.39, 0.29) is 5.97 Å². The van der Waals surface area contributed by atoms with Gasteiger partial charge in [0.25, 0.3) is 0 Å². The lowest BCUT2D eigenvalue weighted by atomic mass is 9.94. The highest BCUT2D eigenvalue weighted by molar-refractivity contribution is 5.82. The standard InChI is InChI=1S/C14H19NO3/c1-15-14(11-8-9-11,13(16)17-2)10-18-12-6-4-3-5-7-12/h3-7,11,15H,8-10H2,1-2H3. The molecule has 1 aliphatic rings. The number of esters is 1. The van der Waals surface area contributed by atoms with Gasteiger partial charge in [0.1, 0.15) is 12.4 Å². The van der Waals surface area contributed by atoms with Crippen molar-refractivity contribution in [1.82, 2.24) is 5.32 Å². The van der Waals surface area contributed by atoms with E-state index in [4.69, 9.17) is 9.47 Å². The molecule has 1 unspecified atom stereocenters. The second-order valence-corrected chi connectivity index (χ2v) is 4.59. The van der Waals surface area contributed by atoms with Gasteiger partial charge in [-0.05, 0) is 37.9 Å². The van der Waals surface area contributed by atoms with Gasteiger partial charge in [0.2, 0.25) is 0 Å². The molecule has 1 saturated carbocycles. The maximum absolute atomic E-state index is 12.0. The predicted octanol–water partition coefficient (Wildman–Crippen LogP) is 1.61. The number of rotatable bonds is 6. The summed E-state index contributed by atoms with van der Waals surface area (Å²) in [7, 11) is 3.20. The molecule has 1 aromatic carbocycles. The first kappa shape index (κ1) is 12.9. The number of nitrogens with one attached hydrogen (secondary N) is 1. The second kappa shape index (κ2) is 5.40. The number of carbonyl (C=O) groups is 1. The molecule has 0 aromatic heterocycles. The molecule has 0 saturated heterocycles. The number of methoxy groups -OCH3 is 1. The first-order valence-electron chi connectivity index (χ1n) is 6.18. The molecule has 98 valence electrons. The van der Waals surface area contributed by atoms with E-state index in [0.29, 0.717) is 12.5 Å². The molecule has 2 rings (SSSR count). The van der Waals surface area contributed by atoms with Crippen molar-refractivity contribution in [1.29, 1.82) is 0 Å². The molecule has 1 N–H and O–H groups in total. The van der Waals surface area contributed by atoms with Crippen molar-refractivity contribution >= 4 is 5.97 Å². The second-order valence-electron chi connectivity index (χ2n) is 4.59. The summed E-state index contributed by atoms with van der Waals surface area (Å²) in [6.45, 7) is 0.296. The highest BCUT2D eigenvalue weighted by Gasteiger charge is 2.51. The molecule has 0 heterocycles. The molecule has 0 aliphatic heterocycles. The molecule has 18 heavy (non-hydrogen) atoms. The fourth-order valence-corrected chi connectivity index (χ4v) is 2.19. The molecular weight excluding hydrogens is 230 g/mol. The number of para-hydroxylation sites is 1. The lowest BCUT2D eigenvalue weighted by Crippen LogP contribution is -2.57. The van der Waals surface area contributed by atoms with Crippen molar-refractivity contribution in [2.45, 2.75) is 18.4 Å². The van der Waals surface area contributed by atoms with E-state index in [9.17, 15) is 4.79 Å². The Morgan fingerprint density at radius 3 is 2.56 bits per heavy atom. The SMILES string of the molecule is CNC(COc1ccccc1)(C(=O)OC)C1CC1. The van der Waals surface area contributed by atoms with Gasteiger partial charge >= 0.3 is 5.97 Å². The minimum atomic E-state index is -0.718. The molecule has 0 amide bonds. The van der Waals surface area contributed by atoms with Crippen LogP contribution in [0, 0.1) is 5.92 Å². The monoisotopic (exact) mass is 249 g/mol. The molecule has 0 bridgehead atoms. The summed E-state index contributed by atoms with van der Waals surface area (Å²) in [6.07, 6.45) is 2.07. The van der Waals surface area contributed by atoms with Gasteiger partial charge in [-0.15, -0.1) is 0 Å². The van der Waals surface area contributed by atoms with Crippen molar-refractivity contribution in [3.05, 3.63) is 30.3 Å². The van der Waals surface area contributed by atoms with Crippen LogP contribution in [-0.2, 0) is 9.53 Å². The van der Waals surface area contributed by atoms with Crippen molar-refractivity contribution < 1.29 is 14.3 Å². The molecule has 0 spiro atoms. The smallest absolute Gasteiger partial charge is 0.329 e. The van der Waals surface area contributed by atoms with E-state index in [1.54, 1.807) is 7.05 Å². The fourth-order valence-electron chi connectivity index (χ4n) is 2.19. The third-order valence-corrected chi connectivity index (χ3v) is 3.48. The summed E-state index contributed by atoms with van der Waals surface area (Å²) >= 11 is 0. The molecular formula is C14H19NO3. The van der Waals surface area contributed by atoms with Crippen LogP contribution in [0.2, 0.25) is 0 Å². The Morgan fingerprint density at radius 1 is 1.39 bits per heavy atom. The number of ether oxygens (including phenoxy) is 2. The first-order chi connectivity index (χ1) is 8.73. The Morgan fingerprint density at radius 2 is 2.06 bits per heavy atom. The van der Waals surface area contributed by atoms with Crippen LogP contribution < -0.4 is 10.1 Å². The van der Waals surface area contributed by atoms with Gasteiger partial charge in [-0.2, -0.15) is 0 Å². The summed E-state index contributed by atoms with van der Waals surface area (Å²) in [5.41, 5.74) is -0.718. The van der Waals surface area contributed by atoms with E-state index >= 15 is 0 Å². The van der Waals surface area contributed by atoms with Gasteiger partial charge in [0, 0.05) is 0 Å². The third-order valence-electron chi connectivity index (χ3n) is 3.48. The van der Waals surface area contributed by atoms with E-state index in [0.717, 1.165) is 18.6 Å². The van der Waals surface area contributed by atoms with Gasteiger partial charge in [-0.3, -0.25) is 0 Å². The van der Waals surface area contributed by atoms with E-state index in [1.807, 2.05) is 30.3 Å². The number of benzene rings is 1. The molecule has 1 fully saturated rings. The third kappa shape index (κ3) is 2.48. The quantitative estimate of drug-likeness (QED) is 0.778. The number of carbonyl (C=O) groups excluding carboxylic acids is 1. The Labute approximate surface area is 107 Å². The highest BCUT2D eigenvalue weighted by atomic mass is 16.5. The average Bonchev–Trinajstić information content (AvgIpc) is 3.26. The topological polar surface area (TPSA) is 47.6 Å². The van der Waals surface area contributed by atoms with Crippen molar-refractivity contribution in [2.24, 2.45) is 5.92 Å².